The molecule has 1 aliphatic rings. The number of rotatable bonds is 4. The first-order valence-corrected chi connectivity index (χ1v) is 10.7. The largest absolute Gasteiger partial charge is 0.371 e. The Kier molecular flexibility index (Phi) is 5.54. The highest BCUT2D eigenvalue weighted by Gasteiger charge is 2.32. The minimum absolute atomic E-state index is 0.0700. The van der Waals surface area contributed by atoms with E-state index >= 15 is 0 Å². The minimum atomic E-state index is -3.47. The molecule has 0 unspecified atom stereocenters. The molecule has 0 aromatic heterocycles. The molecule has 2 atom stereocenters. The maximum absolute atomic E-state index is 13.6. The quantitative estimate of drug-likeness (QED) is 0.842. The number of hydrogen-bond donors (Lipinski definition) is 1. The zero-order chi connectivity index (χ0) is 20.6. The van der Waals surface area contributed by atoms with Gasteiger partial charge in [-0.3, -0.25) is 4.79 Å². The Hall–Kier alpha value is -2.32. The first kappa shape index (κ1) is 20.4. The van der Waals surface area contributed by atoms with Crippen molar-refractivity contribution in [3.8, 4) is 0 Å². The van der Waals surface area contributed by atoms with Gasteiger partial charge in [-0.05, 0) is 61.2 Å². The number of ether oxygens (including phenoxy) is 1. The predicted octanol–water partition coefficient (Wildman–Crippen LogP) is 3.25. The molecule has 0 aliphatic carbocycles. The molecule has 0 saturated carbocycles. The Labute approximate surface area is 162 Å². The smallest absolute Gasteiger partial charge is 0.251 e. The fourth-order valence-corrected chi connectivity index (χ4v) is 4.00. The van der Waals surface area contributed by atoms with Crippen molar-refractivity contribution in [2.75, 3.05) is 12.9 Å². The summed E-state index contributed by atoms with van der Waals surface area (Å²) in [7, 11) is -3.47. The molecule has 1 aliphatic heterocycles. The predicted molar refractivity (Wildman–Crippen MR) is 99.9 cm³/mol. The number of halogens is 2. The monoisotopic (exact) mass is 409 g/mol. The molecule has 0 radical (unpaired) electrons. The molecule has 150 valence electrons. The van der Waals surface area contributed by atoms with Crippen molar-refractivity contribution in [3.05, 3.63) is 64.2 Å². The summed E-state index contributed by atoms with van der Waals surface area (Å²) in [5.41, 5.74) is 2.05. The highest BCUT2D eigenvalue weighted by Crippen LogP contribution is 2.30. The standard InChI is InChI=1S/C20H21F2NO4S/c1-11-8-14(28(3,25)26)10-15(12(11)2)20(24)23-18-6-7-27-19(18)13-4-5-16(21)17(22)9-13/h4-5,8-10,18-19H,6-7H2,1-3H3,(H,23,24)/t18-,19+/m1/s1. The molecular weight excluding hydrogens is 388 g/mol. The molecule has 5 nitrogen and oxygen atoms in total. The third-order valence-electron chi connectivity index (χ3n) is 4.99. The summed E-state index contributed by atoms with van der Waals surface area (Å²) in [5, 5.41) is 2.85. The lowest BCUT2D eigenvalue weighted by Gasteiger charge is -2.21. The Balaban J connectivity index is 1.88. The Morgan fingerprint density at radius 3 is 2.50 bits per heavy atom. The summed E-state index contributed by atoms with van der Waals surface area (Å²) in [6, 6.07) is 5.95. The number of amides is 1. The van der Waals surface area contributed by atoms with Gasteiger partial charge in [-0.25, -0.2) is 17.2 Å². The van der Waals surface area contributed by atoms with Crippen LogP contribution in [0.3, 0.4) is 0 Å². The summed E-state index contributed by atoms with van der Waals surface area (Å²) in [6.07, 6.45) is 0.973. The van der Waals surface area contributed by atoms with Crippen LogP contribution in [-0.4, -0.2) is 33.2 Å². The number of benzene rings is 2. The third-order valence-corrected chi connectivity index (χ3v) is 6.09. The van der Waals surface area contributed by atoms with Crippen LogP contribution in [0.25, 0.3) is 0 Å². The summed E-state index contributed by atoms with van der Waals surface area (Å²) >= 11 is 0. The minimum Gasteiger partial charge on any atom is -0.371 e. The van der Waals surface area contributed by atoms with Crippen LogP contribution in [-0.2, 0) is 14.6 Å². The molecule has 0 spiro atoms. The molecule has 1 heterocycles. The van der Waals surface area contributed by atoms with Crippen LogP contribution in [0.1, 0.15) is 39.6 Å². The summed E-state index contributed by atoms with van der Waals surface area (Å²) in [6.45, 7) is 3.84. The summed E-state index contributed by atoms with van der Waals surface area (Å²) in [4.78, 5) is 12.9. The van der Waals surface area contributed by atoms with Crippen molar-refractivity contribution in [3.63, 3.8) is 0 Å². The van der Waals surface area contributed by atoms with Gasteiger partial charge in [0.2, 0.25) is 0 Å². The topological polar surface area (TPSA) is 72.5 Å². The van der Waals surface area contributed by atoms with E-state index in [1.54, 1.807) is 13.8 Å². The van der Waals surface area contributed by atoms with Crippen molar-refractivity contribution < 1.29 is 26.7 Å². The highest BCUT2D eigenvalue weighted by molar-refractivity contribution is 7.90. The average molecular weight is 409 g/mol. The third kappa shape index (κ3) is 4.07. The van der Waals surface area contributed by atoms with E-state index in [2.05, 4.69) is 5.32 Å². The SMILES string of the molecule is Cc1cc(S(C)(=O)=O)cc(C(=O)N[C@@H]2CCO[C@H]2c2ccc(F)c(F)c2)c1C. The average Bonchev–Trinajstić information content (AvgIpc) is 3.06. The van der Waals surface area contributed by atoms with E-state index < -0.39 is 39.5 Å². The number of nitrogens with one attached hydrogen (secondary N) is 1. The van der Waals surface area contributed by atoms with Gasteiger partial charge < -0.3 is 10.1 Å². The van der Waals surface area contributed by atoms with E-state index in [1.165, 1.54) is 18.2 Å². The number of carbonyl (C=O) groups excluding carboxylic acids is 1. The van der Waals surface area contributed by atoms with E-state index in [4.69, 9.17) is 4.74 Å². The van der Waals surface area contributed by atoms with Gasteiger partial charge in [0, 0.05) is 18.4 Å². The molecule has 2 aromatic rings. The molecule has 1 amide bonds. The highest BCUT2D eigenvalue weighted by atomic mass is 32.2. The fourth-order valence-electron chi connectivity index (χ4n) is 3.28. The van der Waals surface area contributed by atoms with Gasteiger partial charge in [-0.2, -0.15) is 0 Å². The second kappa shape index (κ2) is 7.60. The van der Waals surface area contributed by atoms with Crippen molar-refractivity contribution >= 4 is 15.7 Å². The van der Waals surface area contributed by atoms with Crippen molar-refractivity contribution in [2.45, 2.75) is 37.3 Å². The summed E-state index contributed by atoms with van der Waals surface area (Å²) < 4.78 is 56.2. The van der Waals surface area contributed by atoms with Gasteiger partial charge in [0.25, 0.3) is 5.91 Å². The maximum Gasteiger partial charge on any atom is 0.251 e. The first-order valence-electron chi connectivity index (χ1n) is 8.76. The first-order chi connectivity index (χ1) is 13.1. The van der Waals surface area contributed by atoms with E-state index in [1.807, 2.05) is 0 Å². The molecule has 0 bridgehead atoms. The van der Waals surface area contributed by atoms with Crippen LogP contribution in [0.5, 0.6) is 0 Å². The van der Waals surface area contributed by atoms with E-state index in [0.29, 0.717) is 29.7 Å². The lowest BCUT2D eigenvalue weighted by molar-refractivity contribution is 0.0819. The molecule has 1 fully saturated rings. The number of aryl methyl sites for hydroxylation is 1. The van der Waals surface area contributed by atoms with E-state index in [0.717, 1.165) is 18.4 Å². The van der Waals surface area contributed by atoms with Crippen LogP contribution in [0.4, 0.5) is 8.78 Å². The maximum atomic E-state index is 13.6. The van der Waals surface area contributed by atoms with Gasteiger partial charge in [0.1, 0.15) is 6.10 Å². The molecule has 2 aromatic carbocycles. The zero-order valence-electron chi connectivity index (χ0n) is 15.8. The van der Waals surface area contributed by atoms with Gasteiger partial charge in [-0.15, -0.1) is 0 Å². The number of hydrogen-bond acceptors (Lipinski definition) is 4. The van der Waals surface area contributed by atoms with Crippen LogP contribution >= 0.6 is 0 Å². The van der Waals surface area contributed by atoms with Gasteiger partial charge in [0.15, 0.2) is 21.5 Å². The Morgan fingerprint density at radius 1 is 1.14 bits per heavy atom. The Morgan fingerprint density at radius 2 is 1.86 bits per heavy atom. The lowest BCUT2D eigenvalue weighted by atomic mass is 9.99. The molecule has 1 saturated heterocycles. The zero-order valence-corrected chi connectivity index (χ0v) is 16.6. The van der Waals surface area contributed by atoms with Crippen molar-refractivity contribution in [1.29, 1.82) is 0 Å². The summed E-state index contributed by atoms with van der Waals surface area (Å²) in [5.74, 6) is -2.37. The van der Waals surface area contributed by atoms with Crippen molar-refractivity contribution in [1.82, 2.24) is 5.32 Å². The van der Waals surface area contributed by atoms with Crippen LogP contribution in [0, 0.1) is 25.5 Å². The molecule has 28 heavy (non-hydrogen) atoms. The second-order valence-electron chi connectivity index (χ2n) is 7.02. The van der Waals surface area contributed by atoms with Gasteiger partial charge >= 0.3 is 0 Å². The van der Waals surface area contributed by atoms with Gasteiger partial charge in [-0.1, -0.05) is 6.07 Å². The van der Waals surface area contributed by atoms with Crippen LogP contribution < -0.4 is 5.32 Å². The fraction of sp³-hybridized carbons (Fsp3) is 0.350. The second-order valence-corrected chi connectivity index (χ2v) is 9.03. The van der Waals surface area contributed by atoms with Crippen molar-refractivity contribution in [2.24, 2.45) is 0 Å². The number of sulfone groups is 1. The Bertz CT molecular complexity index is 1040. The molecule has 1 N–H and O–H groups in total. The lowest BCUT2D eigenvalue weighted by Crippen LogP contribution is -2.37. The van der Waals surface area contributed by atoms with Crippen LogP contribution in [0.2, 0.25) is 0 Å². The van der Waals surface area contributed by atoms with Crippen LogP contribution in [0.15, 0.2) is 35.2 Å². The van der Waals surface area contributed by atoms with E-state index in [-0.39, 0.29) is 10.5 Å². The number of carbonyl (C=O) groups is 1. The normalized spacial score (nSPS) is 19.6. The van der Waals surface area contributed by atoms with E-state index in [9.17, 15) is 22.0 Å². The van der Waals surface area contributed by atoms with Gasteiger partial charge in [0.05, 0.1) is 10.9 Å². The molecule has 3 rings (SSSR count). The molecule has 8 heteroatoms. The molecular formula is C20H21F2NO4S.